The topological polar surface area (TPSA) is 61.8 Å². The molecule has 0 spiro atoms. The Bertz CT molecular complexity index is 1540. The van der Waals surface area contributed by atoms with E-state index in [9.17, 15) is 8.42 Å². The second-order valence-corrected chi connectivity index (χ2v) is 30.7. The predicted octanol–water partition coefficient (Wildman–Crippen LogP) is 12.3. The van der Waals surface area contributed by atoms with Crippen molar-refractivity contribution in [2.75, 3.05) is 6.61 Å². The number of allylic oxidation sites excluding steroid dienone is 3. The molecule has 3 saturated carbocycles. The van der Waals surface area contributed by atoms with Crippen molar-refractivity contribution in [1.29, 1.82) is 0 Å². The fraction of sp³-hybridized carbons (Fsp3) is 0.721. The second kappa shape index (κ2) is 15.8. The van der Waals surface area contributed by atoms with E-state index in [0.29, 0.717) is 17.8 Å². The third-order valence-electron chi connectivity index (χ3n) is 13.8. The summed E-state index contributed by atoms with van der Waals surface area (Å²) in [5.41, 5.74) is 5.35. The van der Waals surface area contributed by atoms with Crippen molar-refractivity contribution in [1.82, 2.24) is 0 Å². The quantitative estimate of drug-likeness (QED) is 0.121. The van der Waals surface area contributed by atoms with Gasteiger partial charge in [-0.05, 0) is 141 Å². The molecule has 0 N–H and O–H groups in total. The van der Waals surface area contributed by atoms with Crippen molar-refractivity contribution in [2.45, 2.75) is 173 Å². The van der Waals surface area contributed by atoms with Gasteiger partial charge in [0.1, 0.15) is 0 Å². The van der Waals surface area contributed by atoms with Gasteiger partial charge in [0.15, 0.2) is 16.6 Å². The summed E-state index contributed by atoms with van der Waals surface area (Å²) in [4.78, 5) is 0.234. The minimum Gasteiger partial charge on any atom is -0.413 e. The maximum absolute atomic E-state index is 12.7. The Morgan fingerprint density at radius 3 is 2.18 bits per heavy atom. The van der Waals surface area contributed by atoms with Crippen LogP contribution in [0.1, 0.15) is 119 Å². The van der Waals surface area contributed by atoms with Gasteiger partial charge in [0.25, 0.3) is 10.1 Å². The van der Waals surface area contributed by atoms with Crippen molar-refractivity contribution in [2.24, 2.45) is 23.2 Å². The number of aryl methyl sites for hydroxylation is 1. The molecule has 0 saturated heterocycles. The minimum atomic E-state index is -3.72. The molecule has 3 fully saturated rings. The van der Waals surface area contributed by atoms with Gasteiger partial charge >= 0.3 is 0 Å². The maximum Gasteiger partial charge on any atom is 0.296 e. The molecule has 1 aromatic rings. The summed E-state index contributed by atoms with van der Waals surface area (Å²) in [6.07, 6.45) is 14.6. The van der Waals surface area contributed by atoms with Crippen LogP contribution in [-0.4, -0.2) is 43.9 Å². The molecule has 5 nitrogen and oxygen atoms in total. The Kier molecular flexibility index (Phi) is 13.2. The molecule has 0 heterocycles. The summed E-state index contributed by atoms with van der Waals surface area (Å²) in [6, 6.07) is 6.88. The molecule has 3 aliphatic carbocycles. The van der Waals surface area contributed by atoms with Crippen molar-refractivity contribution in [3.63, 3.8) is 0 Å². The first-order chi connectivity index (χ1) is 23.4. The third kappa shape index (κ3) is 9.88. The van der Waals surface area contributed by atoms with E-state index in [1.807, 2.05) is 19.1 Å². The fourth-order valence-electron chi connectivity index (χ4n) is 8.53. The first kappa shape index (κ1) is 42.4. The van der Waals surface area contributed by atoms with E-state index < -0.39 is 26.8 Å². The Morgan fingerprint density at radius 1 is 0.961 bits per heavy atom. The summed E-state index contributed by atoms with van der Waals surface area (Å²) in [6.45, 7) is 35.1. The Hall–Kier alpha value is -1.30. The molecule has 6 atom stereocenters. The van der Waals surface area contributed by atoms with E-state index >= 15 is 0 Å². The van der Waals surface area contributed by atoms with Gasteiger partial charge in [-0.2, -0.15) is 8.42 Å². The molecule has 0 amide bonds. The van der Waals surface area contributed by atoms with E-state index in [1.54, 1.807) is 17.7 Å². The largest absolute Gasteiger partial charge is 0.413 e. The van der Waals surface area contributed by atoms with Crippen LogP contribution in [0.4, 0.5) is 0 Å². The zero-order chi connectivity index (χ0) is 38.2. The molecular weight excluding hydrogens is 685 g/mol. The summed E-state index contributed by atoms with van der Waals surface area (Å²) < 4.78 is 45.0. The van der Waals surface area contributed by atoms with Crippen LogP contribution in [0.3, 0.4) is 0 Å². The average molecular weight is 757 g/mol. The second-order valence-electron chi connectivity index (χ2n) is 19.6. The first-order valence-electron chi connectivity index (χ1n) is 19.8. The molecule has 0 aliphatic heterocycles. The van der Waals surface area contributed by atoms with Gasteiger partial charge in [-0.15, -0.1) is 0 Å². The van der Waals surface area contributed by atoms with Crippen LogP contribution >= 0.6 is 0 Å². The van der Waals surface area contributed by atoms with Crippen LogP contribution in [0.2, 0.25) is 36.3 Å². The van der Waals surface area contributed by atoms with E-state index in [4.69, 9.17) is 13.0 Å². The van der Waals surface area contributed by atoms with Crippen LogP contribution in [0, 0.1) is 30.1 Å². The van der Waals surface area contributed by atoms with E-state index in [2.05, 4.69) is 100 Å². The Morgan fingerprint density at radius 2 is 1.57 bits per heavy atom. The number of fused-ring (bicyclic) bond motifs is 1. The number of rotatable bonds is 12. The number of hydrogen-bond acceptors (Lipinski definition) is 5. The lowest BCUT2D eigenvalue weighted by Crippen LogP contribution is -2.49. The lowest BCUT2D eigenvalue weighted by atomic mass is 9.60. The minimum absolute atomic E-state index is 0.0109. The summed E-state index contributed by atoms with van der Waals surface area (Å²) in [5.74, 6) is 1.73. The summed E-state index contributed by atoms with van der Waals surface area (Å²) in [5, 5.41) is 0.277. The van der Waals surface area contributed by atoms with Crippen molar-refractivity contribution in [3.8, 4) is 0 Å². The highest BCUT2D eigenvalue weighted by Gasteiger charge is 2.50. The first-order valence-corrected chi connectivity index (χ1v) is 27.0. The van der Waals surface area contributed by atoms with Gasteiger partial charge in [-0.3, -0.25) is 4.18 Å². The molecule has 51 heavy (non-hydrogen) atoms. The molecule has 0 radical (unpaired) electrons. The molecule has 3 aliphatic rings. The smallest absolute Gasteiger partial charge is 0.296 e. The predicted molar refractivity (Wildman–Crippen MR) is 220 cm³/mol. The SMILES string of the molecule is C=C1/C(=C\C=C2/CCC[C@@]3(C)C2CCC3[C@H](C)CCCOS(=O)(=O)c2ccc(C)cc2)C[C@@H](O[Si](C)(C)C(C)(C)C)C[C@@H]1O[Si](C)(C)C(C)(C)C. The van der Waals surface area contributed by atoms with Gasteiger partial charge in [0, 0.05) is 6.42 Å². The van der Waals surface area contributed by atoms with Crippen LogP contribution in [-0.2, 0) is 23.2 Å². The highest BCUT2D eigenvalue weighted by molar-refractivity contribution is 7.86. The third-order valence-corrected chi connectivity index (χ3v) is 24.2. The lowest BCUT2D eigenvalue weighted by Gasteiger charge is -2.46. The van der Waals surface area contributed by atoms with Gasteiger partial charge in [-0.25, -0.2) is 0 Å². The van der Waals surface area contributed by atoms with Crippen molar-refractivity contribution >= 4 is 26.8 Å². The highest BCUT2D eigenvalue weighted by atomic mass is 32.2. The zero-order valence-corrected chi connectivity index (χ0v) is 37.4. The van der Waals surface area contributed by atoms with Gasteiger partial charge in [-0.1, -0.05) is 97.4 Å². The number of hydrogen-bond donors (Lipinski definition) is 0. The summed E-state index contributed by atoms with van der Waals surface area (Å²) >= 11 is 0. The van der Waals surface area contributed by atoms with E-state index in [0.717, 1.165) is 43.2 Å². The Labute approximate surface area is 315 Å². The molecule has 0 bridgehead atoms. The Balaban J connectivity index is 1.47. The molecular formula is C43H72O5SSi2. The average Bonchev–Trinajstić information content (AvgIpc) is 3.36. The molecule has 288 valence electrons. The fourth-order valence-corrected chi connectivity index (χ4v) is 12.1. The standard InChI is InChI=1S/C43H72O5SSi2/c1-31-19-23-37(24-20-31)49(44,45)46-28-16-17-32(2)38-25-26-39-34(18-15-27-43(38,39)10)21-22-35-29-36(47-50(11,12)41(4,5)6)30-40(33(35)3)48-51(13,14)42(7,8)9/h19-24,32,36,38-40H,3,15-18,25-30H2,1-2,4-14H3/b34-21+,35-22-/t32-,36-,38?,39?,40+,43-/m1/s1. The van der Waals surface area contributed by atoms with Crippen LogP contribution < -0.4 is 0 Å². The lowest BCUT2D eigenvalue weighted by molar-refractivity contribution is 0.0915. The molecule has 2 unspecified atom stereocenters. The number of benzene rings is 1. The van der Waals surface area contributed by atoms with Crippen LogP contribution in [0.15, 0.2) is 64.6 Å². The monoisotopic (exact) mass is 756 g/mol. The van der Waals surface area contributed by atoms with E-state index in [1.165, 1.54) is 31.3 Å². The van der Waals surface area contributed by atoms with Crippen LogP contribution in [0.25, 0.3) is 0 Å². The highest BCUT2D eigenvalue weighted by Crippen LogP contribution is 2.60. The summed E-state index contributed by atoms with van der Waals surface area (Å²) in [7, 11) is -7.70. The molecule has 1 aromatic carbocycles. The van der Waals surface area contributed by atoms with Gasteiger partial charge in [0.05, 0.1) is 23.7 Å². The molecule has 8 heteroatoms. The molecule has 4 rings (SSSR count). The van der Waals surface area contributed by atoms with Crippen LogP contribution in [0.5, 0.6) is 0 Å². The zero-order valence-electron chi connectivity index (χ0n) is 34.6. The van der Waals surface area contributed by atoms with Gasteiger partial charge in [0.2, 0.25) is 0 Å². The molecule has 0 aromatic heterocycles. The normalized spacial score (nSPS) is 29.1. The maximum atomic E-state index is 12.7. The van der Waals surface area contributed by atoms with E-state index in [-0.39, 0.29) is 39.2 Å². The van der Waals surface area contributed by atoms with Crippen molar-refractivity contribution < 1.29 is 21.5 Å². The van der Waals surface area contributed by atoms with Gasteiger partial charge < -0.3 is 8.85 Å². The van der Waals surface area contributed by atoms with Crippen molar-refractivity contribution in [3.05, 3.63) is 65.3 Å².